The largest absolute Gasteiger partial charge is 0.467 e. The van der Waals surface area contributed by atoms with Gasteiger partial charge in [-0.25, -0.2) is 4.98 Å². The van der Waals surface area contributed by atoms with Crippen LogP contribution in [0.3, 0.4) is 0 Å². The summed E-state index contributed by atoms with van der Waals surface area (Å²) < 4.78 is 5.35. The van der Waals surface area contributed by atoms with E-state index in [1.807, 2.05) is 26.1 Å². The normalized spacial score (nSPS) is 13.0. The first-order valence-corrected chi connectivity index (χ1v) is 5.32. The summed E-state index contributed by atoms with van der Waals surface area (Å²) >= 11 is 1.65. The summed E-state index contributed by atoms with van der Waals surface area (Å²) in [4.78, 5) is 4.43. The standard InChI is InChI=1S/C10H12N2OS/c1-7-12-8(6-14-7)10(11-2)9-4-3-5-13-9/h3-6,10-11H,1-2H3. The molecule has 74 valence electrons. The van der Waals surface area contributed by atoms with Crippen LogP contribution in [0.1, 0.15) is 22.5 Å². The third-order valence-electron chi connectivity index (χ3n) is 2.05. The second-order valence-electron chi connectivity index (χ2n) is 3.03. The van der Waals surface area contributed by atoms with E-state index < -0.39 is 0 Å². The zero-order chi connectivity index (χ0) is 9.97. The van der Waals surface area contributed by atoms with Gasteiger partial charge < -0.3 is 9.73 Å². The molecule has 0 saturated heterocycles. The summed E-state index contributed by atoms with van der Waals surface area (Å²) in [5.41, 5.74) is 1.02. The number of thiazole rings is 1. The molecule has 0 saturated carbocycles. The number of aromatic nitrogens is 1. The highest BCUT2D eigenvalue weighted by atomic mass is 32.1. The smallest absolute Gasteiger partial charge is 0.126 e. The number of rotatable bonds is 3. The van der Waals surface area contributed by atoms with Crippen molar-refractivity contribution in [1.82, 2.24) is 10.3 Å². The lowest BCUT2D eigenvalue weighted by molar-refractivity contribution is 0.459. The Bertz CT molecular complexity index is 394. The van der Waals surface area contributed by atoms with Crippen molar-refractivity contribution in [3.63, 3.8) is 0 Å². The fraction of sp³-hybridized carbons (Fsp3) is 0.300. The number of aryl methyl sites for hydroxylation is 1. The quantitative estimate of drug-likeness (QED) is 0.841. The van der Waals surface area contributed by atoms with Crippen LogP contribution in [0.4, 0.5) is 0 Å². The minimum absolute atomic E-state index is 0.0648. The van der Waals surface area contributed by atoms with Crippen molar-refractivity contribution in [3.05, 3.63) is 40.2 Å². The van der Waals surface area contributed by atoms with Gasteiger partial charge in [-0.2, -0.15) is 0 Å². The molecule has 1 unspecified atom stereocenters. The Morgan fingerprint density at radius 2 is 2.43 bits per heavy atom. The molecule has 0 aliphatic carbocycles. The van der Waals surface area contributed by atoms with E-state index in [1.165, 1.54) is 0 Å². The van der Waals surface area contributed by atoms with Gasteiger partial charge in [-0.1, -0.05) is 0 Å². The summed E-state index contributed by atoms with van der Waals surface area (Å²) in [7, 11) is 1.90. The highest BCUT2D eigenvalue weighted by Crippen LogP contribution is 2.23. The number of furan rings is 1. The molecule has 2 rings (SSSR count). The number of nitrogens with one attached hydrogen (secondary N) is 1. The Kier molecular flexibility index (Phi) is 2.65. The summed E-state index contributed by atoms with van der Waals surface area (Å²) in [6.45, 7) is 2.00. The van der Waals surface area contributed by atoms with Crippen molar-refractivity contribution in [2.45, 2.75) is 13.0 Å². The maximum absolute atomic E-state index is 5.35. The first-order valence-electron chi connectivity index (χ1n) is 4.44. The number of nitrogens with zero attached hydrogens (tertiary/aromatic N) is 1. The first kappa shape index (κ1) is 9.43. The SMILES string of the molecule is CNC(c1csc(C)n1)c1ccco1. The van der Waals surface area contributed by atoms with Crippen molar-refractivity contribution in [2.75, 3.05) is 7.05 Å². The van der Waals surface area contributed by atoms with E-state index in [-0.39, 0.29) is 6.04 Å². The molecule has 2 aromatic rings. The van der Waals surface area contributed by atoms with Gasteiger partial charge in [-0.3, -0.25) is 0 Å². The van der Waals surface area contributed by atoms with Crippen molar-refractivity contribution in [1.29, 1.82) is 0 Å². The maximum atomic E-state index is 5.35. The molecule has 2 aromatic heterocycles. The lowest BCUT2D eigenvalue weighted by Crippen LogP contribution is -2.17. The monoisotopic (exact) mass is 208 g/mol. The molecular weight excluding hydrogens is 196 g/mol. The van der Waals surface area contributed by atoms with Crippen LogP contribution < -0.4 is 5.32 Å². The van der Waals surface area contributed by atoms with Crippen LogP contribution in [0.15, 0.2) is 28.2 Å². The van der Waals surface area contributed by atoms with Gasteiger partial charge >= 0.3 is 0 Å². The molecule has 0 aromatic carbocycles. The molecule has 0 spiro atoms. The van der Waals surface area contributed by atoms with Crippen LogP contribution in [-0.2, 0) is 0 Å². The van der Waals surface area contributed by atoms with E-state index in [9.17, 15) is 0 Å². The molecule has 1 N–H and O–H groups in total. The average molecular weight is 208 g/mol. The highest BCUT2D eigenvalue weighted by Gasteiger charge is 2.16. The van der Waals surface area contributed by atoms with E-state index >= 15 is 0 Å². The molecule has 1 atom stereocenters. The molecule has 0 radical (unpaired) electrons. The molecule has 4 heteroatoms. The molecule has 3 nitrogen and oxygen atoms in total. The van der Waals surface area contributed by atoms with Gasteiger partial charge in [0.2, 0.25) is 0 Å². The van der Waals surface area contributed by atoms with Crippen molar-refractivity contribution >= 4 is 11.3 Å². The lowest BCUT2D eigenvalue weighted by Gasteiger charge is -2.09. The van der Waals surface area contributed by atoms with Crippen LogP contribution in [0.25, 0.3) is 0 Å². The van der Waals surface area contributed by atoms with Crippen LogP contribution in [-0.4, -0.2) is 12.0 Å². The minimum atomic E-state index is 0.0648. The summed E-state index contributed by atoms with van der Waals surface area (Å²) in [5, 5.41) is 6.31. The average Bonchev–Trinajstić information content (AvgIpc) is 2.79. The third-order valence-corrected chi connectivity index (χ3v) is 2.84. The molecular formula is C10H12N2OS. The van der Waals surface area contributed by atoms with Crippen molar-refractivity contribution in [2.24, 2.45) is 0 Å². The van der Waals surface area contributed by atoms with E-state index in [2.05, 4.69) is 15.7 Å². The fourth-order valence-corrected chi connectivity index (χ4v) is 2.04. The Morgan fingerprint density at radius 1 is 1.57 bits per heavy atom. The predicted molar refractivity (Wildman–Crippen MR) is 56.5 cm³/mol. The van der Waals surface area contributed by atoms with Crippen LogP contribution in [0.2, 0.25) is 0 Å². The topological polar surface area (TPSA) is 38.1 Å². The van der Waals surface area contributed by atoms with E-state index in [0.29, 0.717) is 0 Å². The number of hydrogen-bond donors (Lipinski definition) is 1. The summed E-state index contributed by atoms with van der Waals surface area (Å²) in [5.74, 6) is 0.901. The van der Waals surface area contributed by atoms with Gasteiger partial charge in [0.25, 0.3) is 0 Å². The van der Waals surface area contributed by atoms with E-state index in [4.69, 9.17) is 4.42 Å². The fourth-order valence-electron chi connectivity index (χ4n) is 1.40. The van der Waals surface area contributed by atoms with Crippen molar-refractivity contribution in [3.8, 4) is 0 Å². The second kappa shape index (κ2) is 3.94. The van der Waals surface area contributed by atoms with Gasteiger partial charge in [-0.15, -0.1) is 11.3 Å². The van der Waals surface area contributed by atoms with E-state index in [0.717, 1.165) is 16.5 Å². The zero-order valence-electron chi connectivity index (χ0n) is 8.15. The predicted octanol–water partition coefficient (Wildman–Crippen LogP) is 2.35. The molecule has 0 amide bonds. The van der Waals surface area contributed by atoms with Crippen molar-refractivity contribution < 1.29 is 4.42 Å². The van der Waals surface area contributed by atoms with Crippen LogP contribution in [0.5, 0.6) is 0 Å². The van der Waals surface area contributed by atoms with Gasteiger partial charge in [0.1, 0.15) is 11.8 Å². The van der Waals surface area contributed by atoms with E-state index in [1.54, 1.807) is 17.6 Å². The maximum Gasteiger partial charge on any atom is 0.126 e. The number of hydrogen-bond acceptors (Lipinski definition) is 4. The third kappa shape index (κ3) is 1.71. The minimum Gasteiger partial charge on any atom is -0.467 e. The molecule has 14 heavy (non-hydrogen) atoms. The summed E-state index contributed by atoms with van der Waals surface area (Å²) in [6, 6.07) is 3.91. The van der Waals surface area contributed by atoms with Gasteiger partial charge in [-0.05, 0) is 26.1 Å². The Hall–Kier alpha value is -1.13. The zero-order valence-corrected chi connectivity index (χ0v) is 8.97. The van der Waals surface area contributed by atoms with Gasteiger partial charge in [0, 0.05) is 5.38 Å². The van der Waals surface area contributed by atoms with Gasteiger partial charge in [0.05, 0.1) is 17.0 Å². The first-order chi connectivity index (χ1) is 6.81. The molecule has 0 fully saturated rings. The Morgan fingerprint density at radius 3 is 2.93 bits per heavy atom. The lowest BCUT2D eigenvalue weighted by atomic mass is 10.2. The highest BCUT2D eigenvalue weighted by molar-refractivity contribution is 7.09. The Balaban J connectivity index is 2.31. The second-order valence-corrected chi connectivity index (χ2v) is 4.09. The summed E-state index contributed by atoms with van der Waals surface area (Å²) in [6.07, 6.45) is 1.68. The van der Waals surface area contributed by atoms with Crippen LogP contribution in [0, 0.1) is 6.92 Å². The Labute approximate surface area is 86.8 Å². The van der Waals surface area contributed by atoms with Gasteiger partial charge in [0.15, 0.2) is 0 Å². The molecule has 0 aliphatic heterocycles. The molecule has 0 bridgehead atoms. The molecule has 2 heterocycles. The molecule has 0 aliphatic rings. The van der Waals surface area contributed by atoms with Crippen LogP contribution >= 0.6 is 11.3 Å².